The number of nitrogens with zero attached hydrogens (tertiary/aromatic N) is 6. The molecular weight excluding hydrogens is 536 g/mol. The quantitative estimate of drug-likeness (QED) is 0.307. The minimum absolute atomic E-state index is 0.227. The average Bonchev–Trinajstić information content (AvgIpc) is 3.30. The van der Waals surface area contributed by atoms with Gasteiger partial charge in [-0.05, 0) is 56.7 Å². The smallest absolute Gasteiger partial charge is 0.410 e. The second-order valence-corrected chi connectivity index (χ2v) is 11.6. The van der Waals surface area contributed by atoms with Gasteiger partial charge in [-0.2, -0.15) is 0 Å². The van der Waals surface area contributed by atoms with Crippen LogP contribution in [0.4, 0.5) is 36.0 Å². The molecule has 1 saturated heterocycles. The molecule has 40 heavy (non-hydrogen) atoms. The number of benzene rings is 1. The Morgan fingerprint density at radius 3 is 2.52 bits per heavy atom. The van der Waals surface area contributed by atoms with Crippen LogP contribution in [0.5, 0.6) is 0 Å². The zero-order valence-corrected chi connectivity index (χ0v) is 23.6. The molecule has 1 N–H and O–H groups in total. The van der Waals surface area contributed by atoms with Crippen molar-refractivity contribution in [2.75, 3.05) is 43.4 Å². The maximum absolute atomic E-state index is 14.2. The van der Waals surface area contributed by atoms with Crippen molar-refractivity contribution in [2.24, 2.45) is 0 Å². The Hall–Kier alpha value is -3.90. The van der Waals surface area contributed by atoms with Crippen LogP contribution >= 0.6 is 11.3 Å². The molecule has 12 heteroatoms. The minimum Gasteiger partial charge on any atom is -0.444 e. The van der Waals surface area contributed by atoms with Crippen LogP contribution in [0.1, 0.15) is 26.3 Å². The first-order chi connectivity index (χ1) is 19.0. The normalized spacial score (nSPS) is 14.4. The molecule has 1 aliphatic heterocycles. The molecule has 0 bridgehead atoms. The van der Waals surface area contributed by atoms with Crippen LogP contribution in [0, 0.1) is 11.6 Å². The van der Waals surface area contributed by atoms with Gasteiger partial charge >= 0.3 is 6.09 Å². The monoisotopic (exact) mass is 567 g/mol. The molecule has 1 aromatic carbocycles. The highest BCUT2D eigenvalue weighted by Gasteiger charge is 2.26. The molecule has 1 aliphatic rings. The number of piperazine rings is 1. The van der Waals surface area contributed by atoms with Gasteiger partial charge in [-0.1, -0.05) is 17.4 Å². The molecule has 0 radical (unpaired) electrons. The van der Waals surface area contributed by atoms with Crippen molar-refractivity contribution in [3.63, 3.8) is 0 Å². The van der Waals surface area contributed by atoms with Gasteiger partial charge in [0.15, 0.2) is 5.13 Å². The molecule has 0 unspecified atom stereocenters. The number of halogens is 2. The van der Waals surface area contributed by atoms with Gasteiger partial charge in [-0.15, -0.1) is 0 Å². The molecule has 5 rings (SSSR count). The molecule has 4 aromatic rings. The molecule has 0 saturated carbocycles. The van der Waals surface area contributed by atoms with E-state index in [0.29, 0.717) is 40.2 Å². The highest BCUT2D eigenvalue weighted by atomic mass is 32.1. The summed E-state index contributed by atoms with van der Waals surface area (Å²) in [6, 6.07) is 10.9. The first-order valence-corrected chi connectivity index (χ1v) is 13.7. The topological polar surface area (TPSA) is 86.7 Å². The van der Waals surface area contributed by atoms with E-state index in [1.54, 1.807) is 22.9 Å². The summed E-state index contributed by atoms with van der Waals surface area (Å²) in [5, 5.41) is 3.86. The molecule has 0 aliphatic carbocycles. The summed E-state index contributed by atoms with van der Waals surface area (Å²) in [5.41, 5.74) is 1.50. The van der Waals surface area contributed by atoms with Crippen LogP contribution in [0.15, 0.2) is 48.7 Å². The summed E-state index contributed by atoms with van der Waals surface area (Å²) in [6.07, 6.45) is 1.57. The highest BCUT2D eigenvalue weighted by Crippen LogP contribution is 2.31. The zero-order valence-electron chi connectivity index (χ0n) is 22.8. The summed E-state index contributed by atoms with van der Waals surface area (Å²) < 4.78 is 33.0. The Kier molecular flexibility index (Phi) is 7.81. The number of nitrogens with one attached hydrogen (secondary N) is 1. The first-order valence-electron chi connectivity index (χ1n) is 12.9. The van der Waals surface area contributed by atoms with E-state index in [0.717, 1.165) is 31.3 Å². The summed E-state index contributed by atoms with van der Waals surface area (Å²) in [6.45, 7) is 9.15. The minimum atomic E-state index is -0.659. The van der Waals surface area contributed by atoms with Crippen molar-refractivity contribution in [3.8, 4) is 0 Å². The molecule has 1 amide bonds. The third-order valence-corrected chi connectivity index (χ3v) is 7.23. The molecule has 1 fully saturated rings. The third kappa shape index (κ3) is 6.62. The molecule has 0 spiro atoms. The van der Waals surface area contributed by atoms with Gasteiger partial charge in [0.1, 0.15) is 39.2 Å². The molecule has 3 aromatic heterocycles. The fraction of sp³-hybridized carbons (Fsp3) is 0.357. The van der Waals surface area contributed by atoms with Crippen molar-refractivity contribution in [1.82, 2.24) is 24.8 Å². The lowest BCUT2D eigenvalue weighted by atomic mass is 10.2. The largest absolute Gasteiger partial charge is 0.444 e. The Morgan fingerprint density at radius 2 is 1.85 bits per heavy atom. The first kappa shape index (κ1) is 27.7. The van der Waals surface area contributed by atoms with E-state index < -0.39 is 17.2 Å². The fourth-order valence-corrected chi connectivity index (χ4v) is 5.14. The maximum atomic E-state index is 14.2. The van der Waals surface area contributed by atoms with Gasteiger partial charge in [0.05, 0.1) is 5.69 Å². The predicted molar refractivity (Wildman–Crippen MR) is 152 cm³/mol. The van der Waals surface area contributed by atoms with Crippen LogP contribution in [-0.4, -0.2) is 69.7 Å². The lowest BCUT2D eigenvalue weighted by molar-refractivity contribution is 0.0139. The van der Waals surface area contributed by atoms with Gasteiger partial charge in [0.25, 0.3) is 0 Å². The van der Waals surface area contributed by atoms with Crippen molar-refractivity contribution >= 4 is 50.2 Å². The maximum Gasteiger partial charge on any atom is 0.410 e. The Morgan fingerprint density at radius 1 is 1.07 bits per heavy atom. The van der Waals surface area contributed by atoms with E-state index in [9.17, 15) is 13.6 Å². The van der Waals surface area contributed by atoms with E-state index in [1.165, 1.54) is 23.5 Å². The Balaban J connectivity index is 1.18. The van der Waals surface area contributed by atoms with Crippen LogP contribution < -0.4 is 10.2 Å². The molecular formula is C28H31F2N7O2S. The number of rotatable bonds is 6. The van der Waals surface area contributed by atoms with E-state index in [2.05, 4.69) is 25.2 Å². The van der Waals surface area contributed by atoms with Gasteiger partial charge < -0.3 is 19.9 Å². The van der Waals surface area contributed by atoms with Gasteiger partial charge in [0, 0.05) is 52.0 Å². The van der Waals surface area contributed by atoms with Gasteiger partial charge in [-0.25, -0.2) is 28.5 Å². The number of fused-ring (bicyclic) bond motifs is 1. The number of pyridine rings is 2. The number of aromatic nitrogens is 3. The number of carbonyl (C=O) groups is 1. The lowest BCUT2D eigenvalue weighted by Gasteiger charge is -2.35. The lowest BCUT2D eigenvalue weighted by Crippen LogP contribution is -2.49. The number of hydrogen-bond acceptors (Lipinski definition) is 9. The van der Waals surface area contributed by atoms with Crippen LogP contribution in [-0.2, 0) is 11.3 Å². The Labute approximate surface area is 235 Å². The molecule has 9 nitrogen and oxygen atoms in total. The summed E-state index contributed by atoms with van der Waals surface area (Å²) in [5.74, 6) is -0.115. The summed E-state index contributed by atoms with van der Waals surface area (Å²) in [4.78, 5) is 32.3. The molecule has 4 heterocycles. The number of carbonyl (C=O) groups excluding carboxylic acids is 1. The van der Waals surface area contributed by atoms with Crippen LogP contribution in [0.2, 0.25) is 0 Å². The second kappa shape index (κ2) is 11.3. The number of anilines is 4. The van der Waals surface area contributed by atoms with Gasteiger partial charge in [-0.3, -0.25) is 4.90 Å². The van der Waals surface area contributed by atoms with E-state index in [1.807, 2.05) is 45.2 Å². The van der Waals surface area contributed by atoms with E-state index >= 15 is 0 Å². The number of thiazole rings is 1. The average molecular weight is 568 g/mol. The Bertz CT molecular complexity index is 1500. The third-order valence-electron chi connectivity index (χ3n) is 6.35. The van der Waals surface area contributed by atoms with Gasteiger partial charge in [0.2, 0.25) is 0 Å². The molecule has 0 atom stereocenters. The second-order valence-electron chi connectivity index (χ2n) is 10.6. The highest BCUT2D eigenvalue weighted by molar-refractivity contribution is 7.21. The van der Waals surface area contributed by atoms with Crippen molar-refractivity contribution in [2.45, 2.75) is 32.9 Å². The fourth-order valence-electron chi connectivity index (χ4n) is 4.30. The van der Waals surface area contributed by atoms with E-state index in [4.69, 9.17) is 4.74 Å². The number of hydrogen-bond donors (Lipinski definition) is 1. The number of amides is 1. The van der Waals surface area contributed by atoms with E-state index in [-0.39, 0.29) is 11.8 Å². The standard InChI is InChI=1S/C28H31F2N7O2S/c1-28(2,3)39-27(38)37-13-11-36(12-14-37)17-18-5-9-23(31-16-18)33-26-32-21-7-10-24(34-25(21)40-26)35(4)22-8-6-19(29)15-20(22)30/h5-10,15-16H,11-14,17H2,1-4H3,(H,31,32,33). The zero-order chi connectivity index (χ0) is 28.4. The summed E-state index contributed by atoms with van der Waals surface area (Å²) in [7, 11) is 1.68. The summed E-state index contributed by atoms with van der Waals surface area (Å²) >= 11 is 1.36. The SMILES string of the molecule is CN(c1ccc2nc(Nc3ccc(CN4CCN(C(=O)OC(C)(C)C)CC4)cn3)sc2n1)c1ccc(F)cc1F. The van der Waals surface area contributed by atoms with Crippen molar-refractivity contribution in [1.29, 1.82) is 0 Å². The predicted octanol–water partition coefficient (Wildman–Crippen LogP) is 5.93. The van der Waals surface area contributed by atoms with Crippen LogP contribution in [0.3, 0.4) is 0 Å². The molecule has 210 valence electrons. The van der Waals surface area contributed by atoms with Crippen molar-refractivity contribution in [3.05, 3.63) is 65.9 Å². The van der Waals surface area contributed by atoms with Crippen LogP contribution in [0.25, 0.3) is 10.3 Å². The number of ether oxygens (including phenoxy) is 1. The van der Waals surface area contributed by atoms with Crippen molar-refractivity contribution < 1.29 is 18.3 Å².